The molecule has 5 nitrogen and oxygen atoms in total. The second-order valence-corrected chi connectivity index (χ2v) is 4.75. The summed E-state index contributed by atoms with van der Waals surface area (Å²) in [4.78, 5) is 26.7. The Balaban J connectivity index is 2.40. The van der Waals surface area contributed by atoms with Crippen LogP contribution < -0.4 is 5.69 Å². The Bertz CT molecular complexity index is 705. The van der Waals surface area contributed by atoms with Crippen molar-refractivity contribution in [3.8, 4) is 0 Å². The molecule has 0 unspecified atom stereocenters. The van der Waals surface area contributed by atoms with Gasteiger partial charge in [0.15, 0.2) is 0 Å². The smallest absolute Gasteiger partial charge is 0.348 e. The van der Waals surface area contributed by atoms with E-state index >= 15 is 0 Å². The van der Waals surface area contributed by atoms with Crippen LogP contribution in [0.5, 0.6) is 0 Å². The topological polar surface area (TPSA) is 72.2 Å². The molecule has 0 bridgehead atoms. The number of benzene rings is 1. The number of rotatable bonds is 4. The zero-order valence-electron chi connectivity index (χ0n) is 11.5. The fourth-order valence-electron chi connectivity index (χ4n) is 2.18. The average molecular weight is 272 g/mol. The molecule has 1 N–H and O–H groups in total. The molecule has 0 amide bonds. The molecule has 1 aromatic carbocycles. The van der Waals surface area contributed by atoms with Crippen LogP contribution in [-0.4, -0.2) is 20.6 Å². The summed E-state index contributed by atoms with van der Waals surface area (Å²) in [5.74, 6) is -0.886. The Morgan fingerprint density at radius 1 is 1.25 bits per heavy atom. The molecule has 5 heteroatoms. The molecule has 0 atom stereocenters. The van der Waals surface area contributed by atoms with Gasteiger partial charge in [-0.25, -0.2) is 4.79 Å². The molecule has 2 rings (SSSR count). The number of hydrogen-bond donors (Lipinski definition) is 1. The monoisotopic (exact) mass is 272 g/mol. The van der Waals surface area contributed by atoms with Gasteiger partial charge < -0.3 is 5.11 Å². The Labute approximate surface area is 116 Å². The minimum absolute atomic E-state index is 0.0523. The van der Waals surface area contributed by atoms with E-state index in [4.69, 9.17) is 5.11 Å². The number of carbonyl (C=O) groups is 1. The lowest BCUT2D eigenvalue weighted by Gasteiger charge is -2.12. The van der Waals surface area contributed by atoms with E-state index in [1.807, 2.05) is 25.1 Å². The van der Waals surface area contributed by atoms with Crippen molar-refractivity contribution >= 4 is 5.97 Å². The lowest BCUT2D eigenvalue weighted by molar-refractivity contribution is -0.136. The molecule has 0 aliphatic rings. The third kappa shape index (κ3) is 3.12. The van der Waals surface area contributed by atoms with Gasteiger partial charge in [-0.1, -0.05) is 24.3 Å². The third-order valence-electron chi connectivity index (χ3n) is 3.13. The number of aryl methyl sites for hydroxylation is 2. The van der Waals surface area contributed by atoms with Crippen molar-refractivity contribution in [3.05, 3.63) is 63.3 Å². The van der Waals surface area contributed by atoms with E-state index in [0.717, 1.165) is 11.3 Å². The van der Waals surface area contributed by atoms with E-state index in [1.165, 1.54) is 0 Å². The highest BCUT2D eigenvalue weighted by atomic mass is 16.4. The predicted octanol–water partition coefficient (Wildman–Crippen LogP) is 1.54. The normalized spacial score (nSPS) is 10.5. The lowest BCUT2D eigenvalue weighted by atomic mass is 10.0. The number of aromatic nitrogens is 2. The van der Waals surface area contributed by atoms with Gasteiger partial charge in [0.1, 0.15) is 0 Å². The molecular formula is C15H16N2O3. The summed E-state index contributed by atoms with van der Waals surface area (Å²) in [6.45, 7) is 3.95. The molecule has 0 radical (unpaired) electrons. The fraction of sp³-hybridized carbons (Fsp3) is 0.267. The van der Waals surface area contributed by atoms with E-state index < -0.39 is 5.97 Å². The molecule has 0 aliphatic carbocycles. The van der Waals surface area contributed by atoms with Crippen LogP contribution in [0.3, 0.4) is 0 Å². The van der Waals surface area contributed by atoms with Crippen LogP contribution in [0.2, 0.25) is 0 Å². The lowest BCUT2D eigenvalue weighted by Crippen LogP contribution is -2.26. The Hall–Kier alpha value is -2.43. The van der Waals surface area contributed by atoms with Gasteiger partial charge in [0.05, 0.1) is 13.0 Å². The zero-order valence-corrected chi connectivity index (χ0v) is 11.5. The van der Waals surface area contributed by atoms with E-state index in [1.54, 1.807) is 23.6 Å². The minimum Gasteiger partial charge on any atom is -0.481 e. The molecule has 1 aromatic heterocycles. The number of nitrogens with zero attached hydrogens (tertiary/aromatic N) is 2. The molecule has 2 aromatic rings. The molecule has 0 spiro atoms. The second kappa shape index (κ2) is 5.69. The molecule has 20 heavy (non-hydrogen) atoms. The van der Waals surface area contributed by atoms with Crippen molar-refractivity contribution in [2.45, 2.75) is 26.8 Å². The van der Waals surface area contributed by atoms with Gasteiger partial charge in [0.25, 0.3) is 0 Å². The molecular weight excluding hydrogens is 256 g/mol. The maximum absolute atomic E-state index is 11.9. The van der Waals surface area contributed by atoms with Crippen LogP contribution in [0.1, 0.15) is 22.5 Å². The van der Waals surface area contributed by atoms with Crippen LogP contribution in [0, 0.1) is 13.8 Å². The van der Waals surface area contributed by atoms with Gasteiger partial charge in [-0.05, 0) is 31.0 Å². The summed E-state index contributed by atoms with van der Waals surface area (Å²) in [5.41, 5.74) is 2.72. The van der Waals surface area contributed by atoms with Gasteiger partial charge >= 0.3 is 11.7 Å². The quantitative estimate of drug-likeness (QED) is 0.916. The standard InChI is InChI=1S/C15H16N2O3/c1-10-7-11(2)17(15(20)16-10)9-13-6-4-3-5-12(13)8-14(18)19/h3-7H,8-9H2,1-2H3,(H,18,19). The second-order valence-electron chi connectivity index (χ2n) is 4.75. The summed E-state index contributed by atoms with van der Waals surface area (Å²) >= 11 is 0. The summed E-state index contributed by atoms with van der Waals surface area (Å²) in [6, 6.07) is 9.07. The predicted molar refractivity (Wildman–Crippen MR) is 74.9 cm³/mol. The van der Waals surface area contributed by atoms with Crippen molar-refractivity contribution in [3.63, 3.8) is 0 Å². The zero-order chi connectivity index (χ0) is 14.7. The number of carboxylic acids is 1. The molecule has 0 aliphatic heterocycles. The van der Waals surface area contributed by atoms with Crippen molar-refractivity contribution in [1.29, 1.82) is 0 Å². The highest BCUT2D eigenvalue weighted by molar-refractivity contribution is 5.70. The highest BCUT2D eigenvalue weighted by Gasteiger charge is 2.09. The highest BCUT2D eigenvalue weighted by Crippen LogP contribution is 2.12. The Morgan fingerprint density at radius 2 is 1.90 bits per heavy atom. The SMILES string of the molecule is Cc1cc(C)n(Cc2ccccc2CC(=O)O)c(=O)n1. The summed E-state index contributed by atoms with van der Waals surface area (Å²) in [7, 11) is 0. The van der Waals surface area contributed by atoms with Gasteiger partial charge in [0, 0.05) is 11.4 Å². The summed E-state index contributed by atoms with van der Waals surface area (Å²) in [6.07, 6.45) is -0.0523. The van der Waals surface area contributed by atoms with Gasteiger partial charge in [-0.3, -0.25) is 9.36 Å². The number of hydrogen-bond acceptors (Lipinski definition) is 3. The van der Waals surface area contributed by atoms with E-state index in [-0.39, 0.29) is 12.1 Å². The van der Waals surface area contributed by atoms with Crippen LogP contribution in [0.25, 0.3) is 0 Å². The van der Waals surface area contributed by atoms with Crippen molar-refractivity contribution in [2.24, 2.45) is 0 Å². The van der Waals surface area contributed by atoms with Crippen LogP contribution in [0.15, 0.2) is 35.1 Å². The van der Waals surface area contributed by atoms with E-state index in [2.05, 4.69) is 4.98 Å². The van der Waals surface area contributed by atoms with Crippen molar-refractivity contribution < 1.29 is 9.90 Å². The van der Waals surface area contributed by atoms with Gasteiger partial charge in [-0.2, -0.15) is 4.98 Å². The maximum Gasteiger partial charge on any atom is 0.348 e. The molecule has 1 heterocycles. The molecule has 0 fully saturated rings. The van der Waals surface area contributed by atoms with Crippen molar-refractivity contribution in [2.75, 3.05) is 0 Å². The van der Waals surface area contributed by atoms with Crippen LogP contribution in [0.4, 0.5) is 0 Å². The van der Waals surface area contributed by atoms with Crippen molar-refractivity contribution in [1.82, 2.24) is 9.55 Å². The largest absolute Gasteiger partial charge is 0.481 e. The first kappa shape index (κ1) is 14.0. The average Bonchev–Trinajstić information content (AvgIpc) is 2.34. The van der Waals surface area contributed by atoms with Gasteiger partial charge in [-0.15, -0.1) is 0 Å². The Morgan fingerprint density at radius 3 is 2.50 bits per heavy atom. The summed E-state index contributed by atoms with van der Waals surface area (Å²) < 4.78 is 1.55. The maximum atomic E-state index is 11.9. The minimum atomic E-state index is -0.886. The van der Waals surface area contributed by atoms with E-state index in [9.17, 15) is 9.59 Å². The Kier molecular flexibility index (Phi) is 3.98. The molecule has 104 valence electrons. The number of aliphatic carboxylic acids is 1. The third-order valence-corrected chi connectivity index (χ3v) is 3.13. The first-order valence-corrected chi connectivity index (χ1v) is 6.31. The van der Waals surface area contributed by atoms with Crippen LogP contribution >= 0.6 is 0 Å². The first-order valence-electron chi connectivity index (χ1n) is 6.31. The van der Waals surface area contributed by atoms with E-state index in [0.29, 0.717) is 17.8 Å². The molecule has 0 saturated heterocycles. The fourth-order valence-corrected chi connectivity index (χ4v) is 2.18. The van der Waals surface area contributed by atoms with Gasteiger partial charge in [0.2, 0.25) is 0 Å². The summed E-state index contributed by atoms with van der Waals surface area (Å²) in [5, 5.41) is 8.92. The first-order chi connectivity index (χ1) is 9.47. The van der Waals surface area contributed by atoms with Crippen LogP contribution in [-0.2, 0) is 17.8 Å². The molecule has 0 saturated carbocycles. The number of carboxylic acid groups (broad SMARTS) is 1.